The van der Waals surface area contributed by atoms with Crippen LogP contribution in [0.2, 0.25) is 0 Å². The fourth-order valence-corrected chi connectivity index (χ4v) is 2.66. The molecule has 0 unspecified atom stereocenters. The second kappa shape index (κ2) is 5.72. The third-order valence-electron chi connectivity index (χ3n) is 2.44. The third-order valence-corrected chi connectivity index (χ3v) is 4.09. The molecule has 0 spiro atoms. The molecule has 0 aliphatic rings. The summed E-state index contributed by atoms with van der Waals surface area (Å²) in [6, 6.07) is 1.77. The molecule has 6 nitrogen and oxygen atoms in total. The third kappa shape index (κ3) is 3.34. The summed E-state index contributed by atoms with van der Waals surface area (Å²) < 4.78 is 0. The summed E-state index contributed by atoms with van der Waals surface area (Å²) in [6.45, 7) is 4.12. The highest BCUT2D eigenvalue weighted by molar-refractivity contribution is 7.98. The maximum absolute atomic E-state index is 5.41. The van der Waals surface area contributed by atoms with Crippen LogP contribution in [0.25, 0.3) is 0 Å². The fraction of sp³-hybridized carbons (Fsp3) is 0.364. The smallest absolute Gasteiger partial charge is 0.191 e. The first-order chi connectivity index (χ1) is 9.05. The minimum absolute atomic E-state index is 0.302. The first kappa shape index (κ1) is 14.0. The minimum Gasteiger partial charge on any atom is -0.358 e. The predicted molar refractivity (Wildman–Crippen MR) is 80.4 cm³/mol. The molecule has 0 aliphatic heterocycles. The Morgan fingerprint density at radius 2 is 2.05 bits per heavy atom. The van der Waals surface area contributed by atoms with Crippen LogP contribution in [0.5, 0.6) is 0 Å². The van der Waals surface area contributed by atoms with Crippen molar-refractivity contribution in [2.45, 2.75) is 24.5 Å². The van der Waals surface area contributed by atoms with E-state index >= 15 is 0 Å². The van der Waals surface area contributed by atoms with Gasteiger partial charge in [0.2, 0.25) is 0 Å². The minimum atomic E-state index is -0.302. The Balaban J connectivity index is 2.27. The van der Waals surface area contributed by atoms with Crippen molar-refractivity contribution in [3.8, 4) is 0 Å². The number of anilines is 2. The molecular weight excluding hydrogens is 280 g/mol. The second-order valence-electron chi connectivity index (χ2n) is 4.36. The van der Waals surface area contributed by atoms with Crippen molar-refractivity contribution in [3.05, 3.63) is 22.7 Å². The van der Waals surface area contributed by atoms with E-state index in [0.717, 1.165) is 5.01 Å². The van der Waals surface area contributed by atoms with Crippen LogP contribution in [-0.4, -0.2) is 21.2 Å². The van der Waals surface area contributed by atoms with E-state index in [0.29, 0.717) is 16.8 Å². The zero-order chi connectivity index (χ0) is 13.9. The highest BCUT2D eigenvalue weighted by Crippen LogP contribution is 2.27. The Morgan fingerprint density at radius 3 is 2.63 bits per heavy atom. The summed E-state index contributed by atoms with van der Waals surface area (Å²) in [5.74, 6) is 6.71. The summed E-state index contributed by atoms with van der Waals surface area (Å²) in [4.78, 5) is 13.0. The number of hydrogen-bond donors (Lipinski definition) is 3. The van der Waals surface area contributed by atoms with E-state index in [9.17, 15) is 0 Å². The molecule has 0 bridgehead atoms. The van der Waals surface area contributed by atoms with Gasteiger partial charge in [0, 0.05) is 17.6 Å². The number of nitrogen functional groups attached to an aromatic ring is 1. The fourth-order valence-electron chi connectivity index (χ4n) is 1.56. The topological polar surface area (TPSA) is 88.8 Å². The first-order valence-electron chi connectivity index (χ1n) is 5.63. The van der Waals surface area contributed by atoms with Gasteiger partial charge in [-0.2, -0.15) is 0 Å². The Kier molecular flexibility index (Phi) is 4.23. The zero-order valence-corrected chi connectivity index (χ0v) is 12.6. The van der Waals surface area contributed by atoms with Crippen LogP contribution in [0.1, 0.15) is 18.9 Å². The Morgan fingerprint density at radius 1 is 1.32 bits per heavy atom. The lowest BCUT2D eigenvalue weighted by Crippen LogP contribution is -2.28. The number of thioether (sulfide) groups is 1. The van der Waals surface area contributed by atoms with Crippen LogP contribution >= 0.6 is 23.1 Å². The van der Waals surface area contributed by atoms with Crippen LogP contribution in [0.4, 0.5) is 11.6 Å². The number of hydrazine groups is 1. The Bertz CT molecular complexity index is 518. The summed E-state index contributed by atoms with van der Waals surface area (Å²) in [5.41, 5.74) is 2.24. The van der Waals surface area contributed by atoms with E-state index in [1.807, 2.05) is 11.6 Å². The predicted octanol–water partition coefficient (Wildman–Crippen LogP) is 2.29. The summed E-state index contributed by atoms with van der Waals surface area (Å²) in [7, 11) is 0. The van der Waals surface area contributed by atoms with Crippen LogP contribution in [0.3, 0.4) is 0 Å². The normalized spacial score (nSPS) is 11.4. The molecule has 0 aromatic carbocycles. The maximum Gasteiger partial charge on any atom is 0.191 e. The van der Waals surface area contributed by atoms with Gasteiger partial charge in [0.05, 0.1) is 5.54 Å². The van der Waals surface area contributed by atoms with Crippen molar-refractivity contribution in [1.82, 2.24) is 15.0 Å². The van der Waals surface area contributed by atoms with Gasteiger partial charge in [0.15, 0.2) is 5.16 Å². The number of hydrogen-bond acceptors (Lipinski definition) is 8. The van der Waals surface area contributed by atoms with Gasteiger partial charge in [-0.1, -0.05) is 11.8 Å². The van der Waals surface area contributed by atoms with Crippen LogP contribution in [-0.2, 0) is 5.54 Å². The molecule has 2 aromatic heterocycles. The maximum atomic E-state index is 5.41. The average molecular weight is 296 g/mol. The SMILES string of the molecule is CSc1nc(NN)cc(NC(C)(C)c2nccs2)n1. The summed E-state index contributed by atoms with van der Waals surface area (Å²) in [5, 5.41) is 6.97. The molecule has 102 valence electrons. The highest BCUT2D eigenvalue weighted by atomic mass is 32.2. The zero-order valence-electron chi connectivity index (χ0n) is 11.0. The largest absolute Gasteiger partial charge is 0.358 e. The van der Waals surface area contributed by atoms with E-state index < -0.39 is 0 Å². The second-order valence-corrected chi connectivity index (χ2v) is 6.02. The van der Waals surface area contributed by atoms with E-state index in [1.54, 1.807) is 23.6 Å². The van der Waals surface area contributed by atoms with Crippen molar-refractivity contribution in [3.63, 3.8) is 0 Å². The molecule has 2 heterocycles. The molecule has 2 aromatic rings. The van der Waals surface area contributed by atoms with Gasteiger partial charge in [-0.15, -0.1) is 11.3 Å². The lowest BCUT2D eigenvalue weighted by molar-refractivity contribution is 0.599. The van der Waals surface area contributed by atoms with Crippen LogP contribution in [0, 0.1) is 0 Å². The van der Waals surface area contributed by atoms with Gasteiger partial charge in [-0.3, -0.25) is 0 Å². The lowest BCUT2D eigenvalue weighted by atomic mass is 10.1. The monoisotopic (exact) mass is 296 g/mol. The molecular formula is C11H16N6S2. The molecule has 0 fully saturated rings. The molecule has 19 heavy (non-hydrogen) atoms. The molecule has 8 heteroatoms. The van der Waals surface area contributed by atoms with Crippen molar-refractivity contribution in [2.24, 2.45) is 5.84 Å². The molecule has 0 radical (unpaired) electrons. The molecule has 0 saturated carbocycles. The molecule has 4 N–H and O–H groups in total. The summed E-state index contributed by atoms with van der Waals surface area (Å²) in [6.07, 6.45) is 3.72. The molecule has 0 amide bonds. The average Bonchev–Trinajstić information content (AvgIpc) is 2.92. The van der Waals surface area contributed by atoms with Crippen LogP contribution in [0.15, 0.2) is 22.8 Å². The number of aromatic nitrogens is 3. The quantitative estimate of drug-likeness (QED) is 0.337. The van der Waals surface area contributed by atoms with Gasteiger partial charge in [-0.25, -0.2) is 20.8 Å². The Hall–Kier alpha value is -1.38. The standard InChI is InChI=1S/C11H16N6S2/c1-11(2,9-13-4-5-19-9)16-7-6-8(17-12)15-10(14-7)18-3/h4-6H,12H2,1-3H3,(H2,14,15,16,17). The first-order valence-corrected chi connectivity index (χ1v) is 7.73. The van der Waals surface area contributed by atoms with Crippen LogP contribution < -0.4 is 16.6 Å². The number of nitrogens with zero attached hydrogens (tertiary/aromatic N) is 3. The van der Waals surface area contributed by atoms with Crippen molar-refractivity contribution in [1.29, 1.82) is 0 Å². The van der Waals surface area contributed by atoms with Gasteiger partial charge in [-0.05, 0) is 20.1 Å². The molecule has 0 saturated heterocycles. The number of nitrogens with one attached hydrogen (secondary N) is 2. The Labute approximate surface area is 120 Å². The van der Waals surface area contributed by atoms with Crippen molar-refractivity contribution in [2.75, 3.05) is 17.0 Å². The number of nitrogens with two attached hydrogens (primary N) is 1. The number of rotatable bonds is 5. The molecule has 2 rings (SSSR count). The van der Waals surface area contributed by atoms with Crippen molar-refractivity contribution >= 4 is 34.7 Å². The van der Waals surface area contributed by atoms with Gasteiger partial charge in [0.1, 0.15) is 16.6 Å². The summed E-state index contributed by atoms with van der Waals surface area (Å²) >= 11 is 3.07. The number of thiazole rings is 1. The van der Waals surface area contributed by atoms with Gasteiger partial charge >= 0.3 is 0 Å². The molecule has 0 atom stereocenters. The lowest BCUT2D eigenvalue weighted by Gasteiger charge is -2.24. The molecule has 0 aliphatic carbocycles. The van der Waals surface area contributed by atoms with Crippen molar-refractivity contribution < 1.29 is 0 Å². The van der Waals surface area contributed by atoms with E-state index in [1.165, 1.54) is 11.8 Å². The van der Waals surface area contributed by atoms with Gasteiger partial charge in [0.25, 0.3) is 0 Å². The van der Waals surface area contributed by atoms with E-state index in [2.05, 4.69) is 39.5 Å². The highest BCUT2D eigenvalue weighted by Gasteiger charge is 2.24. The van der Waals surface area contributed by atoms with Gasteiger partial charge < -0.3 is 10.7 Å². The van der Waals surface area contributed by atoms with E-state index in [4.69, 9.17) is 5.84 Å². The van der Waals surface area contributed by atoms with E-state index in [-0.39, 0.29) is 5.54 Å².